The molecule has 0 amide bonds. The largest absolute Gasteiger partial charge is 0.409 e. The van der Waals surface area contributed by atoms with Crippen LogP contribution in [0.15, 0.2) is 17.4 Å². The van der Waals surface area contributed by atoms with Crippen LogP contribution >= 0.6 is 0 Å². The summed E-state index contributed by atoms with van der Waals surface area (Å²) in [6.45, 7) is 3.33. The SMILES string of the molecule is CC1CN(c2nnccc2/C(N)=N/O)CCC1O. The minimum atomic E-state index is -0.287. The fourth-order valence-corrected chi connectivity index (χ4v) is 2.14. The highest BCUT2D eigenvalue weighted by atomic mass is 16.4. The van der Waals surface area contributed by atoms with E-state index in [9.17, 15) is 5.11 Å². The molecule has 0 bridgehead atoms. The van der Waals surface area contributed by atoms with E-state index < -0.39 is 0 Å². The molecule has 0 saturated carbocycles. The van der Waals surface area contributed by atoms with Gasteiger partial charge in [-0.25, -0.2) is 0 Å². The second kappa shape index (κ2) is 5.18. The van der Waals surface area contributed by atoms with Crippen LogP contribution in [-0.4, -0.2) is 45.5 Å². The van der Waals surface area contributed by atoms with Crippen molar-refractivity contribution in [2.75, 3.05) is 18.0 Å². The summed E-state index contributed by atoms with van der Waals surface area (Å²) in [7, 11) is 0. The molecule has 1 saturated heterocycles. The molecule has 2 atom stereocenters. The Labute approximate surface area is 105 Å². The van der Waals surface area contributed by atoms with Gasteiger partial charge in [0.05, 0.1) is 17.9 Å². The van der Waals surface area contributed by atoms with E-state index in [-0.39, 0.29) is 17.9 Å². The van der Waals surface area contributed by atoms with Crippen molar-refractivity contribution in [2.45, 2.75) is 19.4 Å². The molecule has 1 aliphatic rings. The molecule has 4 N–H and O–H groups in total. The molecule has 18 heavy (non-hydrogen) atoms. The summed E-state index contributed by atoms with van der Waals surface area (Å²) in [5.41, 5.74) is 6.17. The highest BCUT2D eigenvalue weighted by Gasteiger charge is 2.27. The zero-order chi connectivity index (χ0) is 13.1. The number of amidine groups is 1. The molecule has 2 heterocycles. The normalized spacial score (nSPS) is 25.2. The molecular weight excluding hydrogens is 234 g/mol. The van der Waals surface area contributed by atoms with Gasteiger partial charge in [0.2, 0.25) is 0 Å². The average molecular weight is 251 g/mol. The Kier molecular flexibility index (Phi) is 3.61. The Balaban J connectivity index is 2.28. The summed E-state index contributed by atoms with van der Waals surface area (Å²) in [5.74, 6) is 0.756. The fraction of sp³-hybridized carbons (Fsp3) is 0.545. The van der Waals surface area contributed by atoms with Gasteiger partial charge in [0, 0.05) is 13.1 Å². The standard InChI is InChI=1S/C11H17N5O2/c1-7-6-16(5-3-9(7)17)11-8(10(12)15-18)2-4-13-14-11/h2,4,7,9,17-18H,3,5-6H2,1H3,(H2,12,15). The van der Waals surface area contributed by atoms with Gasteiger partial charge in [-0.2, -0.15) is 5.10 Å². The monoisotopic (exact) mass is 251 g/mol. The third-order valence-electron chi connectivity index (χ3n) is 3.24. The number of nitrogens with zero attached hydrogens (tertiary/aromatic N) is 4. The van der Waals surface area contributed by atoms with E-state index in [1.807, 2.05) is 11.8 Å². The van der Waals surface area contributed by atoms with Gasteiger partial charge in [-0.3, -0.25) is 0 Å². The lowest BCUT2D eigenvalue weighted by Crippen LogP contribution is -2.43. The molecule has 1 aromatic rings. The first-order valence-electron chi connectivity index (χ1n) is 5.86. The summed E-state index contributed by atoms with van der Waals surface area (Å²) in [5, 5.41) is 29.4. The Morgan fingerprint density at radius 2 is 2.39 bits per heavy atom. The van der Waals surface area contributed by atoms with Crippen LogP contribution in [0.2, 0.25) is 0 Å². The molecule has 7 heteroatoms. The van der Waals surface area contributed by atoms with E-state index in [4.69, 9.17) is 10.9 Å². The molecule has 0 spiro atoms. The maximum atomic E-state index is 9.72. The summed E-state index contributed by atoms with van der Waals surface area (Å²) < 4.78 is 0. The van der Waals surface area contributed by atoms with Crippen molar-refractivity contribution in [3.8, 4) is 0 Å². The van der Waals surface area contributed by atoms with E-state index in [2.05, 4.69) is 15.4 Å². The van der Waals surface area contributed by atoms with E-state index in [0.29, 0.717) is 30.9 Å². The molecule has 1 aromatic heterocycles. The second-order valence-electron chi connectivity index (χ2n) is 4.53. The molecule has 0 aliphatic carbocycles. The lowest BCUT2D eigenvalue weighted by molar-refractivity contribution is 0.0968. The molecule has 0 radical (unpaired) electrons. The summed E-state index contributed by atoms with van der Waals surface area (Å²) in [4.78, 5) is 2.00. The summed E-state index contributed by atoms with van der Waals surface area (Å²) >= 11 is 0. The number of hydrogen-bond donors (Lipinski definition) is 3. The first-order chi connectivity index (χ1) is 8.63. The highest BCUT2D eigenvalue weighted by Crippen LogP contribution is 2.23. The maximum absolute atomic E-state index is 9.72. The Bertz CT molecular complexity index is 451. The van der Waals surface area contributed by atoms with Gasteiger partial charge in [-0.1, -0.05) is 12.1 Å². The zero-order valence-corrected chi connectivity index (χ0v) is 10.2. The number of anilines is 1. The quantitative estimate of drug-likeness (QED) is 0.290. The maximum Gasteiger partial charge on any atom is 0.173 e. The number of piperidine rings is 1. The van der Waals surface area contributed by atoms with Crippen molar-refractivity contribution in [2.24, 2.45) is 16.8 Å². The van der Waals surface area contributed by atoms with E-state index in [1.54, 1.807) is 6.07 Å². The fourth-order valence-electron chi connectivity index (χ4n) is 2.14. The van der Waals surface area contributed by atoms with Crippen molar-refractivity contribution in [3.63, 3.8) is 0 Å². The van der Waals surface area contributed by atoms with Crippen molar-refractivity contribution in [1.29, 1.82) is 0 Å². The Morgan fingerprint density at radius 1 is 1.61 bits per heavy atom. The van der Waals surface area contributed by atoms with Gasteiger partial charge in [-0.15, -0.1) is 5.10 Å². The number of nitrogens with two attached hydrogens (primary N) is 1. The first-order valence-corrected chi connectivity index (χ1v) is 5.86. The smallest absolute Gasteiger partial charge is 0.173 e. The van der Waals surface area contributed by atoms with Crippen LogP contribution in [0, 0.1) is 5.92 Å². The molecule has 2 rings (SSSR count). The van der Waals surface area contributed by atoms with Gasteiger partial charge >= 0.3 is 0 Å². The highest BCUT2D eigenvalue weighted by molar-refractivity contribution is 6.01. The van der Waals surface area contributed by atoms with Crippen LogP contribution in [0.25, 0.3) is 0 Å². The number of oxime groups is 1. The van der Waals surface area contributed by atoms with Crippen LogP contribution in [0.1, 0.15) is 18.9 Å². The molecule has 7 nitrogen and oxygen atoms in total. The predicted octanol–water partition coefficient (Wildman–Crippen LogP) is -0.222. The Hall–Kier alpha value is -1.89. The van der Waals surface area contributed by atoms with Crippen LogP contribution in [-0.2, 0) is 0 Å². The summed E-state index contributed by atoms with van der Waals surface area (Å²) in [6.07, 6.45) is 1.89. The minimum absolute atomic E-state index is 0.0127. The molecule has 98 valence electrons. The van der Waals surface area contributed by atoms with Gasteiger partial charge in [0.15, 0.2) is 11.7 Å². The number of aliphatic hydroxyl groups is 1. The predicted molar refractivity (Wildman–Crippen MR) is 66.5 cm³/mol. The lowest BCUT2D eigenvalue weighted by Gasteiger charge is -2.35. The number of aromatic nitrogens is 2. The average Bonchev–Trinajstić information content (AvgIpc) is 2.41. The van der Waals surface area contributed by atoms with Gasteiger partial charge < -0.3 is 20.9 Å². The summed E-state index contributed by atoms with van der Waals surface area (Å²) in [6, 6.07) is 1.66. The van der Waals surface area contributed by atoms with Gasteiger partial charge in [0.25, 0.3) is 0 Å². The molecular formula is C11H17N5O2. The van der Waals surface area contributed by atoms with Crippen LogP contribution < -0.4 is 10.6 Å². The van der Waals surface area contributed by atoms with Crippen LogP contribution in [0.3, 0.4) is 0 Å². The molecule has 2 unspecified atom stereocenters. The van der Waals surface area contributed by atoms with Gasteiger partial charge in [-0.05, 0) is 18.4 Å². The molecule has 1 fully saturated rings. The van der Waals surface area contributed by atoms with E-state index in [1.165, 1.54) is 6.20 Å². The number of hydrogen-bond acceptors (Lipinski definition) is 6. The van der Waals surface area contributed by atoms with Crippen molar-refractivity contribution in [3.05, 3.63) is 17.8 Å². The van der Waals surface area contributed by atoms with E-state index >= 15 is 0 Å². The second-order valence-corrected chi connectivity index (χ2v) is 4.53. The molecule has 1 aliphatic heterocycles. The zero-order valence-electron chi connectivity index (χ0n) is 10.2. The molecule has 0 aromatic carbocycles. The van der Waals surface area contributed by atoms with Crippen LogP contribution in [0.4, 0.5) is 5.82 Å². The third-order valence-corrected chi connectivity index (χ3v) is 3.24. The van der Waals surface area contributed by atoms with Gasteiger partial charge in [0.1, 0.15) is 0 Å². The topological polar surface area (TPSA) is 108 Å². The van der Waals surface area contributed by atoms with E-state index in [0.717, 1.165) is 0 Å². The van der Waals surface area contributed by atoms with Crippen molar-refractivity contribution < 1.29 is 10.3 Å². The minimum Gasteiger partial charge on any atom is -0.409 e. The number of aliphatic hydroxyl groups excluding tert-OH is 1. The Morgan fingerprint density at radius 3 is 3.06 bits per heavy atom. The van der Waals surface area contributed by atoms with Crippen molar-refractivity contribution in [1.82, 2.24) is 10.2 Å². The first kappa shape index (κ1) is 12.6. The third kappa shape index (κ3) is 2.35. The lowest BCUT2D eigenvalue weighted by atomic mass is 9.96. The number of rotatable bonds is 2. The van der Waals surface area contributed by atoms with Crippen molar-refractivity contribution >= 4 is 11.7 Å². The van der Waals surface area contributed by atoms with Crippen LogP contribution in [0.5, 0.6) is 0 Å².